The first-order chi connectivity index (χ1) is 33.8. The second-order valence-corrected chi connectivity index (χ2v) is 19.9. The van der Waals surface area contributed by atoms with Crippen molar-refractivity contribution in [3.63, 3.8) is 0 Å². The number of carbonyl (C=O) groups excluding carboxylic acids is 2. The number of hydrogen-bond donors (Lipinski definition) is 2. The maximum atomic E-state index is 12.7. The zero-order valence-electron chi connectivity index (χ0n) is 44.3. The summed E-state index contributed by atoms with van der Waals surface area (Å²) in [5.41, 5.74) is 5.37. The highest BCUT2D eigenvalue weighted by Gasteiger charge is 2.26. The highest BCUT2D eigenvalue weighted by Crippen LogP contribution is 2.43. The van der Waals surface area contributed by atoms with Crippen molar-refractivity contribution in [2.24, 2.45) is 5.73 Å². The Balaban J connectivity index is 3.94. The van der Waals surface area contributed by atoms with Crippen LogP contribution in [0.25, 0.3) is 0 Å². The topological polar surface area (TPSA) is 134 Å². The molecule has 0 fully saturated rings. The molecule has 0 aromatic carbocycles. The summed E-state index contributed by atoms with van der Waals surface area (Å²) in [6, 6.07) is 0. The lowest BCUT2D eigenvalue weighted by Gasteiger charge is -2.19. The molecule has 0 aliphatic carbocycles. The maximum Gasteiger partial charge on any atom is 0.472 e. The number of phosphoric ester groups is 1. The van der Waals surface area contributed by atoms with E-state index in [1.54, 1.807) is 0 Å². The molecular weight excluding hydrogens is 882 g/mol. The molecule has 0 saturated carbocycles. The Morgan fingerprint density at radius 2 is 0.797 bits per heavy atom. The van der Waals surface area contributed by atoms with Gasteiger partial charge in [-0.2, -0.15) is 0 Å². The molecule has 0 saturated heterocycles. The Labute approximate surface area is 424 Å². The largest absolute Gasteiger partial charge is 0.472 e. The lowest BCUT2D eigenvalue weighted by atomic mass is 10.0. The smallest absolute Gasteiger partial charge is 0.462 e. The van der Waals surface area contributed by atoms with Gasteiger partial charge in [0.25, 0.3) is 0 Å². The van der Waals surface area contributed by atoms with Crippen molar-refractivity contribution in [1.82, 2.24) is 0 Å². The maximum absolute atomic E-state index is 12.7. The van der Waals surface area contributed by atoms with Gasteiger partial charge in [-0.1, -0.05) is 227 Å². The molecule has 0 bridgehead atoms. The van der Waals surface area contributed by atoms with Crippen LogP contribution in [0.3, 0.4) is 0 Å². The van der Waals surface area contributed by atoms with Crippen molar-refractivity contribution in [3.8, 4) is 0 Å². The van der Waals surface area contributed by atoms with E-state index < -0.39 is 26.5 Å². The predicted molar refractivity (Wildman–Crippen MR) is 293 cm³/mol. The van der Waals surface area contributed by atoms with Crippen LogP contribution in [0.4, 0.5) is 0 Å². The van der Waals surface area contributed by atoms with Crippen molar-refractivity contribution in [1.29, 1.82) is 0 Å². The quantitative estimate of drug-likeness (QED) is 0.0264. The molecule has 10 heteroatoms. The highest BCUT2D eigenvalue weighted by molar-refractivity contribution is 7.47. The first kappa shape index (κ1) is 66.2. The monoisotopic (exact) mass is 986 g/mol. The van der Waals surface area contributed by atoms with Gasteiger partial charge in [0.1, 0.15) is 6.61 Å². The SMILES string of the molecule is CC/C=C\C/C=C\C/C=C\C/C=C\C/C=C\C/C=C\CCCCCCCCCCCCCCCCC(=O)OC(COC(=O)CCCCCCC/C=C\CCCCCCCC)COP(=O)(O)OCCN. The van der Waals surface area contributed by atoms with Gasteiger partial charge in [-0.15, -0.1) is 0 Å². The van der Waals surface area contributed by atoms with E-state index in [1.165, 1.54) is 116 Å². The van der Waals surface area contributed by atoms with E-state index in [2.05, 4.69) is 98.9 Å². The average Bonchev–Trinajstić information content (AvgIpc) is 3.34. The number of unbranched alkanes of at least 4 members (excludes halogenated alkanes) is 25. The lowest BCUT2D eigenvalue weighted by Crippen LogP contribution is -2.29. The Bertz CT molecular complexity index is 1400. The van der Waals surface area contributed by atoms with Crippen molar-refractivity contribution in [3.05, 3.63) is 85.1 Å². The van der Waals surface area contributed by atoms with E-state index in [-0.39, 0.29) is 38.6 Å². The Morgan fingerprint density at radius 1 is 0.449 bits per heavy atom. The normalized spacial score (nSPS) is 13.7. The molecule has 69 heavy (non-hydrogen) atoms. The first-order valence-electron chi connectivity index (χ1n) is 28.1. The van der Waals surface area contributed by atoms with Crippen molar-refractivity contribution in [2.75, 3.05) is 26.4 Å². The van der Waals surface area contributed by atoms with Crippen LogP contribution in [0.15, 0.2) is 85.1 Å². The number of rotatable bonds is 52. The molecule has 2 atom stereocenters. The number of allylic oxidation sites excluding steroid dienone is 14. The van der Waals surface area contributed by atoms with Crippen LogP contribution in [-0.2, 0) is 32.7 Å². The summed E-state index contributed by atoms with van der Waals surface area (Å²) in [6.45, 7) is 3.62. The van der Waals surface area contributed by atoms with E-state index >= 15 is 0 Å². The first-order valence-corrected chi connectivity index (χ1v) is 29.6. The predicted octanol–water partition coefficient (Wildman–Crippen LogP) is 17.5. The summed E-state index contributed by atoms with van der Waals surface area (Å²) in [4.78, 5) is 35.1. The molecule has 9 nitrogen and oxygen atoms in total. The number of phosphoric acid groups is 1. The van der Waals surface area contributed by atoms with Crippen LogP contribution in [0.1, 0.15) is 245 Å². The van der Waals surface area contributed by atoms with Crippen molar-refractivity contribution >= 4 is 19.8 Å². The standard InChI is InChI=1S/C59H104NO8P/c1-3-5-7-9-11-13-15-17-19-20-21-22-23-24-25-26-27-28-29-30-31-32-33-34-35-36-38-40-42-44-46-48-50-52-59(62)68-57(56-67-69(63,64)66-54-53-60)55-65-58(61)51-49-47-45-43-41-39-37-18-16-14-12-10-8-6-4-2/h5,7,11,13,17-19,21-22,24-25,27-28,37,57H,3-4,6,8-10,12,14-16,20,23,26,29-36,38-56,60H2,1-2H3,(H,63,64)/b7-5-,13-11-,19-17-,22-21-,25-24-,28-27-,37-18-. The highest BCUT2D eigenvalue weighted by atomic mass is 31.2. The molecule has 0 heterocycles. The number of carbonyl (C=O) groups is 2. The molecule has 0 amide bonds. The fourth-order valence-corrected chi connectivity index (χ4v) is 8.40. The molecule has 0 rings (SSSR count). The molecular formula is C59H104NO8P. The summed E-state index contributed by atoms with van der Waals surface area (Å²) in [5, 5.41) is 0. The summed E-state index contributed by atoms with van der Waals surface area (Å²) < 4.78 is 33.0. The minimum Gasteiger partial charge on any atom is -0.462 e. The fraction of sp³-hybridized carbons (Fsp3) is 0.729. The van der Waals surface area contributed by atoms with Gasteiger partial charge in [0.2, 0.25) is 0 Å². The third kappa shape index (κ3) is 54.4. The van der Waals surface area contributed by atoms with Crippen molar-refractivity contribution in [2.45, 2.75) is 251 Å². The van der Waals surface area contributed by atoms with E-state index in [4.69, 9.17) is 24.3 Å². The summed E-state index contributed by atoms with van der Waals surface area (Å²) in [6.07, 6.45) is 70.7. The molecule has 0 aliphatic rings. The summed E-state index contributed by atoms with van der Waals surface area (Å²) in [5.74, 6) is -0.836. The number of nitrogens with two attached hydrogens (primary N) is 1. The number of hydrogen-bond acceptors (Lipinski definition) is 8. The van der Waals surface area contributed by atoms with Gasteiger partial charge in [-0.05, 0) is 89.9 Å². The number of esters is 2. The van der Waals surface area contributed by atoms with Gasteiger partial charge in [-0.3, -0.25) is 18.6 Å². The molecule has 0 aromatic rings. The Hall–Kier alpha value is -2.81. The second kappa shape index (κ2) is 54.5. The van der Waals surface area contributed by atoms with Crippen molar-refractivity contribution < 1.29 is 37.6 Å². The Morgan fingerprint density at radius 3 is 1.20 bits per heavy atom. The van der Waals surface area contributed by atoms with E-state index in [0.717, 1.165) is 96.3 Å². The third-order valence-corrected chi connectivity index (χ3v) is 12.7. The van der Waals surface area contributed by atoms with Crippen LogP contribution >= 0.6 is 7.82 Å². The van der Waals surface area contributed by atoms with Gasteiger partial charge in [0.05, 0.1) is 13.2 Å². The van der Waals surface area contributed by atoms with Crippen LogP contribution < -0.4 is 5.73 Å². The molecule has 0 aromatic heterocycles. The van der Waals surface area contributed by atoms with Gasteiger partial charge < -0.3 is 20.1 Å². The second-order valence-electron chi connectivity index (χ2n) is 18.4. The molecule has 0 spiro atoms. The summed E-state index contributed by atoms with van der Waals surface area (Å²) >= 11 is 0. The van der Waals surface area contributed by atoms with E-state index in [1.807, 2.05) is 0 Å². The molecule has 0 radical (unpaired) electrons. The Kier molecular flexibility index (Phi) is 52.3. The van der Waals surface area contributed by atoms with Gasteiger partial charge in [0.15, 0.2) is 6.10 Å². The van der Waals surface area contributed by atoms with Gasteiger partial charge in [-0.25, -0.2) is 4.57 Å². The van der Waals surface area contributed by atoms with Crippen LogP contribution in [-0.4, -0.2) is 49.3 Å². The molecule has 398 valence electrons. The zero-order chi connectivity index (χ0) is 50.2. The van der Waals surface area contributed by atoms with Gasteiger partial charge in [0, 0.05) is 19.4 Å². The molecule has 3 N–H and O–H groups in total. The van der Waals surface area contributed by atoms with Gasteiger partial charge >= 0.3 is 19.8 Å². The third-order valence-electron chi connectivity index (χ3n) is 11.8. The van der Waals surface area contributed by atoms with E-state index in [0.29, 0.717) is 6.42 Å². The zero-order valence-corrected chi connectivity index (χ0v) is 45.2. The molecule has 2 unspecified atom stereocenters. The van der Waals surface area contributed by atoms with Crippen LogP contribution in [0, 0.1) is 0 Å². The van der Waals surface area contributed by atoms with E-state index in [9.17, 15) is 19.0 Å². The van der Waals surface area contributed by atoms with Crippen LogP contribution in [0.2, 0.25) is 0 Å². The summed E-state index contributed by atoms with van der Waals surface area (Å²) in [7, 11) is -4.39. The minimum absolute atomic E-state index is 0.0500. The van der Waals surface area contributed by atoms with Crippen LogP contribution in [0.5, 0.6) is 0 Å². The average molecular weight is 986 g/mol. The lowest BCUT2D eigenvalue weighted by molar-refractivity contribution is -0.161. The molecule has 0 aliphatic heterocycles. The number of ether oxygens (including phenoxy) is 2. The fourth-order valence-electron chi connectivity index (χ4n) is 7.63. The minimum atomic E-state index is -4.39.